The number of hydrogen-bond acceptors (Lipinski definition) is 3. The summed E-state index contributed by atoms with van der Waals surface area (Å²) >= 11 is 0. The van der Waals surface area contributed by atoms with Gasteiger partial charge in [0.05, 0.1) is 23.0 Å². The number of hydrogen-bond donors (Lipinski definition) is 1. The summed E-state index contributed by atoms with van der Waals surface area (Å²) in [5.74, 6) is 0.953. The number of nitrogens with zero attached hydrogens (tertiary/aromatic N) is 3. The molecule has 6 heteroatoms. The Labute approximate surface area is 148 Å². The molecule has 2 aromatic rings. The average Bonchev–Trinajstić information content (AvgIpc) is 3.08. The lowest BCUT2D eigenvalue weighted by Crippen LogP contribution is -2.36. The van der Waals surface area contributed by atoms with Crippen molar-refractivity contribution in [1.29, 1.82) is 0 Å². The van der Waals surface area contributed by atoms with Crippen LogP contribution >= 0.6 is 0 Å². The van der Waals surface area contributed by atoms with Crippen molar-refractivity contribution in [3.63, 3.8) is 0 Å². The van der Waals surface area contributed by atoms with Crippen LogP contribution in [0.25, 0.3) is 11.0 Å². The molecule has 0 spiro atoms. The number of para-hydroxylation sites is 2. The van der Waals surface area contributed by atoms with Crippen LogP contribution in [0.4, 0.5) is 0 Å². The van der Waals surface area contributed by atoms with Crippen molar-refractivity contribution in [2.45, 2.75) is 33.2 Å². The fourth-order valence-corrected chi connectivity index (χ4v) is 3.51. The molecule has 0 unspecified atom stereocenters. The summed E-state index contributed by atoms with van der Waals surface area (Å²) < 4.78 is 2.01. The number of fused-ring (bicyclic) bond motifs is 1. The van der Waals surface area contributed by atoms with E-state index in [2.05, 4.69) is 24.1 Å². The normalized spacial score (nSPS) is 19.0. The summed E-state index contributed by atoms with van der Waals surface area (Å²) in [6.45, 7) is 7.31. The van der Waals surface area contributed by atoms with Crippen LogP contribution < -0.4 is 5.32 Å². The van der Waals surface area contributed by atoms with Gasteiger partial charge >= 0.3 is 0 Å². The molecule has 2 atom stereocenters. The third-order valence-corrected chi connectivity index (χ3v) is 4.74. The first kappa shape index (κ1) is 17.5. The van der Waals surface area contributed by atoms with Gasteiger partial charge < -0.3 is 14.8 Å². The number of imidazole rings is 1. The van der Waals surface area contributed by atoms with Crippen LogP contribution in [0.3, 0.4) is 0 Å². The molecule has 3 rings (SSSR count). The van der Waals surface area contributed by atoms with Crippen LogP contribution in [0.5, 0.6) is 0 Å². The number of aryl methyl sites for hydroxylation is 1. The fourth-order valence-electron chi connectivity index (χ4n) is 3.51. The number of carbonyl (C=O) groups excluding carboxylic acids is 2. The maximum absolute atomic E-state index is 12.6. The number of likely N-dealkylation sites (tertiary alicyclic amines) is 1. The molecular weight excluding hydrogens is 316 g/mol. The second-order valence-corrected chi connectivity index (χ2v) is 7.34. The van der Waals surface area contributed by atoms with E-state index in [0.29, 0.717) is 25.4 Å². The molecule has 25 heavy (non-hydrogen) atoms. The van der Waals surface area contributed by atoms with Gasteiger partial charge in [0, 0.05) is 26.6 Å². The SMILES string of the molecule is CC(C)CN1C[C@H](C(=O)N[C@@H](C)c2nc3ccccc3n2C)CC1=O. The highest BCUT2D eigenvalue weighted by atomic mass is 16.2. The molecule has 1 aliphatic rings. The van der Waals surface area contributed by atoms with E-state index in [1.807, 2.05) is 42.8 Å². The zero-order chi connectivity index (χ0) is 18.1. The molecule has 1 saturated heterocycles. The largest absolute Gasteiger partial charge is 0.346 e. The topological polar surface area (TPSA) is 67.2 Å². The van der Waals surface area contributed by atoms with Gasteiger partial charge in [0.15, 0.2) is 0 Å². The Morgan fingerprint density at radius 1 is 1.32 bits per heavy atom. The van der Waals surface area contributed by atoms with E-state index in [9.17, 15) is 9.59 Å². The quantitative estimate of drug-likeness (QED) is 0.906. The van der Waals surface area contributed by atoms with Crippen molar-refractivity contribution in [2.75, 3.05) is 13.1 Å². The van der Waals surface area contributed by atoms with Crippen molar-refractivity contribution in [3.05, 3.63) is 30.1 Å². The predicted octanol–water partition coefficient (Wildman–Crippen LogP) is 2.25. The highest BCUT2D eigenvalue weighted by Gasteiger charge is 2.35. The van der Waals surface area contributed by atoms with E-state index in [-0.39, 0.29) is 23.8 Å². The van der Waals surface area contributed by atoms with Crippen LogP contribution in [0.2, 0.25) is 0 Å². The Kier molecular flexibility index (Phi) is 4.79. The lowest BCUT2D eigenvalue weighted by Gasteiger charge is -2.19. The number of aromatic nitrogens is 2. The summed E-state index contributed by atoms with van der Waals surface area (Å²) in [6, 6.07) is 7.70. The lowest BCUT2D eigenvalue weighted by atomic mass is 10.1. The van der Waals surface area contributed by atoms with E-state index in [4.69, 9.17) is 0 Å². The van der Waals surface area contributed by atoms with Gasteiger partial charge in [-0.15, -0.1) is 0 Å². The zero-order valence-corrected chi connectivity index (χ0v) is 15.3. The Morgan fingerprint density at radius 3 is 2.72 bits per heavy atom. The number of benzene rings is 1. The monoisotopic (exact) mass is 342 g/mol. The van der Waals surface area contributed by atoms with Crippen molar-refractivity contribution >= 4 is 22.8 Å². The van der Waals surface area contributed by atoms with Crippen molar-refractivity contribution in [3.8, 4) is 0 Å². The molecule has 1 aromatic carbocycles. The minimum Gasteiger partial charge on any atom is -0.346 e. The molecule has 1 aromatic heterocycles. The summed E-state index contributed by atoms with van der Waals surface area (Å²) in [5.41, 5.74) is 1.96. The number of carbonyl (C=O) groups is 2. The van der Waals surface area contributed by atoms with E-state index in [1.165, 1.54) is 0 Å². The molecule has 1 aliphatic heterocycles. The van der Waals surface area contributed by atoms with Crippen LogP contribution in [-0.2, 0) is 16.6 Å². The molecular formula is C19H26N4O2. The first-order valence-corrected chi connectivity index (χ1v) is 8.86. The summed E-state index contributed by atoms with van der Waals surface area (Å²) in [6.07, 6.45) is 0.299. The molecule has 0 bridgehead atoms. The van der Waals surface area contributed by atoms with Gasteiger partial charge in [-0.3, -0.25) is 9.59 Å². The smallest absolute Gasteiger partial charge is 0.226 e. The third kappa shape index (κ3) is 3.52. The van der Waals surface area contributed by atoms with Gasteiger partial charge in [-0.25, -0.2) is 4.98 Å². The van der Waals surface area contributed by atoms with Gasteiger partial charge in [-0.1, -0.05) is 26.0 Å². The van der Waals surface area contributed by atoms with E-state index < -0.39 is 0 Å². The fraction of sp³-hybridized carbons (Fsp3) is 0.526. The van der Waals surface area contributed by atoms with Gasteiger partial charge in [-0.2, -0.15) is 0 Å². The zero-order valence-electron chi connectivity index (χ0n) is 15.3. The van der Waals surface area contributed by atoms with Crippen LogP contribution in [0.1, 0.15) is 39.1 Å². The number of amides is 2. The van der Waals surface area contributed by atoms with E-state index >= 15 is 0 Å². The second kappa shape index (κ2) is 6.86. The number of nitrogens with one attached hydrogen (secondary N) is 1. The Morgan fingerprint density at radius 2 is 2.04 bits per heavy atom. The predicted molar refractivity (Wildman–Crippen MR) is 96.8 cm³/mol. The van der Waals surface area contributed by atoms with Crippen LogP contribution in [0.15, 0.2) is 24.3 Å². The first-order valence-electron chi connectivity index (χ1n) is 8.86. The Hall–Kier alpha value is -2.37. The maximum atomic E-state index is 12.6. The van der Waals surface area contributed by atoms with E-state index in [0.717, 1.165) is 16.9 Å². The molecule has 2 amide bonds. The van der Waals surface area contributed by atoms with Gasteiger partial charge in [0.1, 0.15) is 5.82 Å². The standard InChI is InChI=1S/C19H26N4O2/c1-12(2)10-23-11-14(9-17(23)24)19(25)20-13(3)18-21-15-7-5-6-8-16(15)22(18)4/h5-8,12-14H,9-11H2,1-4H3,(H,20,25)/t13-,14+/m0/s1. The molecule has 0 aliphatic carbocycles. The minimum atomic E-state index is -0.275. The van der Waals surface area contributed by atoms with Crippen LogP contribution in [0, 0.1) is 11.8 Å². The molecule has 134 valence electrons. The first-order chi connectivity index (χ1) is 11.9. The Bertz CT molecular complexity index is 796. The molecule has 0 radical (unpaired) electrons. The van der Waals surface area contributed by atoms with Crippen LogP contribution in [-0.4, -0.2) is 39.4 Å². The lowest BCUT2D eigenvalue weighted by molar-refractivity contribution is -0.129. The molecule has 0 saturated carbocycles. The summed E-state index contributed by atoms with van der Waals surface area (Å²) in [7, 11) is 1.96. The average molecular weight is 342 g/mol. The molecule has 2 heterocycles. The molecule has 6 nitrogen and oxygen atoms in total. The third-order valence-electron chi connectivity index (χ3n) is 4.74. The van der Waals surface area contributed by atoms with Crippen molar-refractivity contribution < 1.29 is 9.59 Å². The van der Waals surface area contributed by atoms with Gasteiger partial charge in [0.25, 0.3) is 0 Å². The van der Waals surface area contributed by atoms with Gasteiger partial charge in [0.2, 0.25) is 11.8 Å². The molecule has 1 fully saturated rings. The maximum Gasteiger partial charge on any atom is 0.226 e. The minimum absolute atomic E-state index is 0.0702. The van der Waals surface area contributed by atoms with Crippen molar-refractivity contribution in [1.82, 2.24) is 19.8 Å². The summed E-state index contributed by atoms with van der Waals surface area (Å²) in [5, 5.41) is 3.03. The highest BCUT2D eigenvalue weighted by molar-refractivity contribution is 5.89. The van der Waals surface area contributed by atoms with Gasteiger partial charge in [-0.05, 0) is 25.0 Å². The number of rotatable bonds is 5. The van der Waals surface area contributed by atoms with E-state index in [1.54, 1.807) is 4.90 Å². The second-order valence-electron chi connectivity index (χ2n) is 7.34. The molecule has 1 N–H and O–H groups in total. The Balaban J connectivity index is 1.68. The highest BCUT2D eigenvalue weighted by Crippen LogP contribution is 2.22. The van der Waals surface area contributed by atoms with Crippen molar-refractivity contribution in [2.24, 2.45) is 18.9 Å². The summed E-state index contributed by atoms with van der Waals surface area (Å²) in [4.78, 5) is 31.1.